The SMILES string of the molecule is CC(C(=O)On1ccc2c(NS(C)(=O)=O)cccc21)c1ccccc1. The van der Waals surface area contributed by atoms with E-state index in [9.17, 15) is 13.2 Å². The predicted octanol–water partition coefficient (Wildman–Crippen LogP) is 2.77. The molecule has 7 heteroatoms. The summed E-state index contributed by atoms with van der Waals surface area (Å²) in [6, 6.07) is 16.2. The van der Waals surface area contributed by atoms with E-state index in [-0.39, 0.29) is 0 Å². The van der Waals surface area contributed by atoms with Crippen LogP contribution in [0.2, 0.25) is 0 Å². The lowest BCUT2D eigenvalue weighted by Gasteiger charge is -2.12. The van der Waals surface area contributed by atoms with Crippen LogP contribution in [0.25, 0.3) is 10.9 Å². The monoisotopic (exact) mass is 358 g/mol. The first kappa shape index (κ1) is 17.0. The Bertz CT molecular complexity index is 1010. The van der Waals surface area contributed by atoms with Crippen LogP contribution in [-0.4, -0.2) is 25.4 Å². The molecule has 1 unspecified atom stereocenters. The highest BCUT2D eigenvalue weighted by Gasteiger charge is 2.19. The Balaban J connectivity index is 1.87. The van der Waals surface area contributed by atoms with Crippen LogP contribution in [0.4, 0.5) is 5.69 Å². The lowest BCUT2D eigenvalue weighted by molar-refractivity contribution is -0.145. The molecule has 1 atom stereocenters. The highest BCUT2D eigenvalue weighted by atomic mass is 32.2. The van der Waals surface area contributed by atoms with E-state index in [4.69, 9.17) is 4.84 Å². The van der Waals surface area contributed by atoms with Crippen molar-refractivity contribution in [2.75, 3.05) is 11.0 Å². The fourth-order valence-electron chi connectivity index (χ4n) is 2.57. The zero-order chi connectivity index (χ0) is 18.0. The summed E-state index contributed by atoms with van der Waals surface area (Å²) < 4.78 is 26.8. The maximum absolute atomic E-state index is 12.4. The molecule has 1 aromatic heterocycles. The van der Waals surface area contributed by atoms with Crippen molar-refractivity contribution in [3.8, 4) is 0 Å². The van der Waals surface area contributed by atoms with Gasteiger partial charge in [0.2, 0.25) is 10.0 Å². The smallest absolute Gasteiger partial charge is 0.336 e. The van der Waals surface area contributed by atoms with E-state index in [1.54, 1.807) is 37.4 Å². The molecule has 0 saturated heterocycles. The molecule has 3 aromatic rings. The third-order valence-corrected chi connectivity index (χ3v) is 4.42. The molecule has 0 aliphatic rings. The Morgan fingerprint density at radius 3 is 2.48 bits per heavy atom. The van der Waals surface area contributed by atoms with E-state index in [1.165, 1.54) is 4.73 Å². The normalized spacial score (nSPS) is 12.7. The fourth-order valence-corrected chi connectivity index (χ4v) is 3.14. The van der Waals surface area contributed by atoms with E-state index < -0.39 is 21.9 Å². The molecule has 0 aliphatic heterocycles. The summed E-state index contributed by atoms with van der Waals surface area (Å²) in [6.45, 7) is 1.78. The average molecular weight is 358 g/mol. The third-order valence-electron chi connectivity index (χ3n) is 3.83. The Kier molecular flexibility index (Phi) is 4.50. The van der Waals surface area contributed by atoms with E-state index >= 15 is 0 Å². The Labute approximate surface area is 146 Å². The summed E-state index contributed by atoms with van der Waals surface area (Å²) in [7, 11) is -3.40. The predicted molar refractivity (Wildman–Crippen MR) is 96.8 cm³/mol. The van der Waals surface area contributed by atoms with Gasteiger partial charge in [0, 0.05) is 11.6 Å². The number of carbonyl (C=O) groups excluding carboxylic acids is 1. The molecular weight excluding hydrogens is 340 g/mol. The number of rotatable bonds is 5. The van der Waals surface area contributed by atoms with Gasteiger partial charge in [-0.25, -0.2) is 13.2 Å². The largest absolute Gasteiger partial charge is 0.339 e. The number of aromatic nitrogens is 1. The topological polar surface area (TPSA) is 77.4 Å². The molecule has 0 radical (unpaired) electrons. The van der Waals surface area contributed by atoms with Gasteiger partial charge in [0.25, 0.3) is 0 Å². The van der Waals surface area contributed by atoms with Crippen LogP contribution < -0.4 is 9.56 Å². The van der Waals surface area contributed by atoms with Crippen molar-refractivity contribution in [3.05, 3.63) is 66.4 Å². The third kappa shape index (κ3) is 3.83. The lowest BCUT2D eigenvalue weighted by Crippen LogP contribution is -2.23. The van der Waals surface area contributed by atoms with Crippen LogP contribution in [0.15, 0.2) is 60.8 Å². The van der Waals surface area contributed by atoms with Gasteiger partial charge in [0.05, 0.1) is 23.4 Å². The maximum atomic E-state index is 12.4. The van der Waals surface area contributed by atoms with Crippen LogP contribution in [0.5, 0.6) is 0 Å². The van der Waals surface area contributed by atoms with Crippen LogP contribution in [0, 0.1) is 0 Å². The van der Waals surface area contributed by atoms with Gasteiger partial charge in [0.1, 0.15) is 0 Å². The number of carbonyl (C=O) groups is 1. The molecule has 0 aliphatic carbocycles. The van der Waals surface area contributed by atoms with Crippen molar-refractivity contribution < 1.29 is 18.0 Å². The second kappa shape index (κ2) is 6.60. The minimum Gasteiger partial charge on any atom is -0.336 e. The van der Waals surface area contributed by atoms with Crippen molar-refractivity contribution in [1.29, 1.82) is 0 Å². The van der Waals surface area contributed by atoms with Crippen molar-refractivity contribution in [3.63, 3.8) is 0 Å². The first-order valence-corrected chi connectivity index (χ1v) is 9.59. The van der Waals surface area contributed by atoms with Gasteiger partial charge in [-0.05, 0) is 30.7 Å². The molecule has 0 bridgehead atoms. The number of nitrogens with zero attached hydrogens (tertiary/aromatic N) is 1. The van der Waals surface area contributed by atoms with Crippen molar-refractivity contribution in [1.82, 2.24) is 4.73 Å². The molecule has 0 spiro atoms. The molecule has 1 N–H and O–H groups in total. The van der Waals surface area contributed by atoms with Gasteiger partial charge in [-0.1, -0.05) is 36.4 Å². The first-order chi connectivity index (χ1) is 11.8. The Hall–Kier alpha value is -2.80. The second-order valence-electron chi connectivity index (χ2n) is 5.80. The lowest BCUT2D eigenvalue weighted by atomic mass is 10.0. The zero-order valence-electron chi connectivity index (χ0n) is 13.8. The summed E-state index contributed by atoms with van der Waals surface area (Å²) in [6.07, 6.45) is 2.68. The van der Waals surface area contributed by atoms with E-state index in [0.717, 1.165) is 11.8 Å². The fraction of sp³-hybridized carbons (Fsp3) is 0.167. The van der Waals surface area contributed by atoms with Gasteiger partial charge in [0.15, 0.2) is 0 Å². The molecular formula is C18H18N2O4S. The number of nitrogens with one attached hydrogen (secondary N) is 1. The molecule has 2 aromatic carbocycles. The highest BCUT2D eigenvalue weighted by Crippen LogP contribution is 2.25. The number of hydrogen-bond acceptors (Lipinski definition) is 4. The van der Waals surface area contributed by atoms with Crippen LogP contribution in [0.1, 0.15) is 18.4 Å². The molecule has 0 fully saturated rings. The van der Waals surface area contributed by atoms with Gasteiger partial charge >= 0.3 is 5.97 Å². The minimum absolute atomic E-state index is 0.398. The summed E-state index contributed by atoms with van der Waals surface area (Å²) in [5.41, 5.74) is 1.90. The van der Waals surface area contributed by atoms with Crippen molar-refractivity contribution in [2.45, 2.75) is 12.8 Å². The quantitative estimate of drug-likeness (QED) is 0.761. The summed E-state index contributed by atoms with van der Waals surface area (Å²) >= 11 is 0. The molecule has 0 amide bonds. The standard InChI is InChI=1S/C18H18N2O4S/c1-13(14-7-4-3-5-8-14)18(21)24-20-12-11-15-16(19-25(2,22)23)9-6-10-17(15)20/h3-13,19H,1-2H3. The summed E-state index contributed by atoms with van der Waals surface area (Å²) in [5, 5.41) is 0.646. The number of hydrogen-bond donors (Lipinski definition) is 1. The van der Waals surface area contributed by atoms with Gasteiger partial charge in [-0.3, -0.25) is 4.72 Å². The molecule has 25 heavy (non-hydrogen) atoms. The molecule has 130 valence electrons. The van der Waals surface area contributed by atoms with Gasteiger partial charge in [-0.2, -0.15) is 4.73 Å². The van der Waals surface area contributed by atoms with Crippen LogP contribution in [0.3, 0.4) is 0 Å². The first-order valence-electron chi connectivity index (χ1n) is 7.70. The van der Waals surface area contributed by atoms with E-state index in [2.05, 4.69) is 4.72 Å². The van der Waals surface area contributed by atoms with E-state index in [1.807, 2.05) is 30.3 Å². The van der Waals surface area contributed by atoms with E-state index in [0.29, 0.717) is 16.6 Å². The zero-order valence-corrected chi connectivity index (χ0v) is 14.7. The molecule has 1 heterocycles. The number of fused-ring (bicyclic) bond motifs is 1. The molecule has 3 rings (SSSR count). The molecule has 6 nitrogen and oxygen atoms in total. The average Bonchev–Trinajstić information content (AvgIpc) is 2.98. The second-order valence-corrected chi connectivity index (χ2v) is 7.55. The molecule has 0 saturated carbocycles. The number of benzene rings is 2. The Morgan fingerprint density at radius 1 is 1.08 bits per heavy atom. The number of sulfonamides is 1. The maximum Gasteiger partial charge on any atom is 0.339 e. The van der Waals surface area contributed by atoms with Crippen LogP contribution >= 0.6 is 0 Å². The van der Waals surface area contributed by atoms with Gasteiger partial charge < -0.3 is 4.84 Å². The highest BCUT2D eigenvalue weighted by molar-refractivity contribution is 7.92. The van der Waals surface area contributed by atoms with Gasteiger partial charge in [-0.15, -0.1) is 0 Å². The summed E-state index contributed by atoms with van der Waals surface area (Å²) in [4.78, 5) is 17.9. The number of anilines is 1. The Morgan fingerprint density at radius 2 is 1.80 bits per heavy atom. The van der Waals surface area contributed by atoms with Crippen LogP contribution in [-0.2, 0) is 14.8 Å². The van der Waals surface area contributed by atoms with Crippen molar-refractivity contribution in [2.24, 2.45) is 0 Å². The summed E-state index contributed by atoms with van der Waals surface area (Å²) in [5.74, 6) is -0.818. The van der Waals surface area contributed by atoms with Crippen molar-refractivity contribution >= 4 is 32.6 Å². The minimum atomic E-state index is -3.40.